The van der Waals surface area contributed by atoms with Crippen LogP contribution in [0.2, 0.25) is 0 Å². The molecule has 2 N–H and O–H groups in total. The molecule has 4 nitrogen and oxygen atoms in total. The highest BCUT2D eigenvalue weighted by Crippen LogP contribution is 2.32. The van der Waals surface area contributed by atoms with Crippen molar-refractivity contribution in [2.45, 2.75) is 50.6 Å². The fraction of sp³-hybridized carbons (Fsp3) is 0.429. The second kappa shape index (κ2) is 7.36. The van der Waals surface area contributed by atoms with Crippen LogP contribution in [0.25, 0.3) is 0 Å². The summed E-state index contributed by atoms with van der Waals surface area (Å²) in [5.41, 5.74) is 3.37. The second-order valence-electron chi connectivity index (χ2n) is 7.46. The molecule has 4 heteroatoms. The fourth-order valence-corrected chi connectivity index (χ4v) is 4.26. The van der Waals surface area contributed by atoms with Crippen LogP contribution in [-0.4, -0.2) is 23.0 Å². The number of hydrogen-bond donors (Lipinski definition) is 2. The minimum Gasteiger partial charge on any atom is -0.326 e. The predicted molar refractivity (Wildman–Crippen MR) is 99.4 cm³/mol. The number of hydrogen-bond acceptors (Lipinski definition) is 3. The lowest BCUT2D eigenvalue weighted by Gasteiger charge is -2.28. The number of carbonyl (C=O) groups is 1. The van der Waals surface area contributed by atoms with E-state index in [1.54, 1.807) is 0 Å². The predicted octanol–water partition coefficient (Wildman–Crippen LogP) is 3.53. The lowest BCUT2D eigenvalue weighted by atomic mass is 9.89. The number of carbonyl (C=O) groups excluding carboxylic acids is 1. The molecule has 0 spiro atoms. The number of anilines is 1. The molecule has 2 saturated heterocycles. The van der Waals surface area contributed by atoms with Gasteiger partial charge >= 0.3 is 0 Å². The topological polar surface area (TPSA) is 54.0 Å². The minimum absolute atomic E-state index is 0.146. The quantitative estimate of drug-likeness (QED) is 0.879. The zero-order valence-electron chi connectivity index (χ0n) is 14.4. The van der Waals surface area contributed by atoms with E-state index in [1.165, 1.54) is 24.0 Å². The smallest absolute Gasteiger partial charge is 0.224 e. The standard InChI is InChI=1S/C21H25N3O/c25-21(14-17-12-19-5-6-20(13-17)23-19)24-18-3-1-15(2-4-18)11-16-7-9-22-10-8-16/h1-4,7-10,17,19-20,23H,5-6,11-14H2,(H,24,25). The number of nitrogens with zero attached hydrogens (tertiary/aromatic N) is 1. The van der Waals surface area contributed by atoms with Gasteiger partial charge in [0, 0.05) is 36.6 Å². The van der Waals surface area contributed by atoms with Gasteiger partial charge in [-0.15, -0.1) is 0 Å². The summed E-state index contributed by atoms with van der Waals surface area (Å²) in [5.74, 6) is 0.679. The van der Waals surface area contributed by atoms with Crippen molar-refractivity contribution in [1.82, 2.24) is 10.3 Å². The average Bonchev–Trinajstić information content (AvgIpc) is 2.96. The van der Waals surface area contributed by atoms with Crippen molar-refractivity contribution in [1.29, 1.82) is 0 Å². The van der Waals surface area contributed by atoms with Crippen molar-refractivity contribution in [2.24, 2.45) is 5.92 Å². The molecule has 1 amide bonds. The number of amides is 1. The third kappa shape index (κ3) is 4.26. The van der Waals surface area contributed by atoms with Crippen LogP contribution in [0.1, 0.15) is 43.2 Å². The Morgan fingerprint density at radius 3 is 2.32 bits per heavy atom. The molecule has 4 rings (SSSR count). The molecule has 0 saturated carbocycles. The number of piperidine rings is 1. The van der Waals surface area contributed by atoms with Gasteiger partial charge in [0.25, 0.3) is 0 Å². The molecule has 0 aliphatic carbocycles. The molecular weight excluding hydrogens is 310 g/mol. The largest absolute Gasteiger partial charge is 0.326 e. The van der Waals surface area contributed by atoms with Crippen molar-refractivity contribution in [3.05, 3.63) is 59.9 Å². The minimum atomic E-state index is 0.146. The summed E-state index contributed by atoms with van der Waals surface area (Å²) in [7, 11) is 0. The number of pyridine rings is 1. The molecule has 1 aromatic heterocycles. The van der Waals surface area contributed by atoms with E-state index >= 15 is 0 Å². The third-order valence-electron chi connectivity index (χ3n) is 5.44. The number of nitrogens with one attached hydrogen (secondary N) is 2. The molecule has 2 aliphatic rings. The SMILES string of the molecule is O=C(CC1CC2CCC(C1)N2)Nc1ccc(Cc2ccncc2)cc1. The number of fused-ring (bicyclic) bond motifs is 2. The first-order chi connectivity index (χ1) is 12.2. The summed E-state index contributed by atoms with van der Waals surface area (Å²) >= 11 is 0. The summed E-state index contributed by atoms with van der Waals surface area (Å²) in [4.78, 5) is 16.4. The Morgan fingerprint density at radius 1 is 1.00 bits per heavy atom. The monoisotopic (exact) mass is 335 g/mol. The lowest BCUT2D eigenvalue weighted by Crippen LogP contribution is -2.39. The maximum Gasteiger partial charge on any atom is 0.224 e. The highest BCUT2D eigenvalue weighted by Gasteiger charge is 2.34. The van der Waals surface area contributed by atoms with E-state index in [2.05, 4.69) is 27.8 Å². The molecule has 3 heterocycles. The molecular formula is C21H25N3O. The summed E-state index contributed by atoms with van der Waals surface area (Å²) in [5, 5.41) is 6.69. The highest BCUT2D eigenvalue weighted by atomic mass is 16.1. The summed E-state index contributed by atoms with van der Waals surface area (Å²) in [6.07, 6.45) is 10.0. The van der Waals surface area contributed by atoms with E-state index in [0.29, 0.717) is 24.4 Å². The molecule has 2 aromatic rings. The zero-order chi connectivity index (χ0) is 17.1. The van der Waals surface area contributed by atoms with Gasteiger partial charge in [-0.05, 0) is 73.4 Å². The maximum atomic E-state index is 12.4. The first-order valence-electron chi connectivity index (χ1n) is 9.28. The van der Waals surface area contributed by atoms with Crippen LogP contribution in [0.15, 0.2) is 48.8 Å². The van der Waals surface area contributed by atoms with E-state index < -0.39 is 0 Å². The van der Waals surface area contributed by atoms with E-state index in [1.807, 2.05) is 36.7 Å². The fourth-order valence-electron chi connectivity index (χ4n) is 4.26. The van der Waals surface area contributed by atoms with Gasteiger partial charge in [-0.1, -0.05) is 12.1 Å². The molecule has 2 fully saturated rings. The molecule has 0 radical (unpaired) electrons. The van der Waals surface area contributed by atoms with E-state index in [0.717, 1.165) is 24.9 Å². The lowest BCUT2D eigenvalue weighted by molar-refractivity contribution is -0.117. The van der Waals surface area contributed by atoms with Gasteiger partial charge in [0.05, 0.1) is 0 Å². The van der Waals surface area contributed by atoms with Gasteiger partial charge in [-0.3, -0.25) is 9.78 Å². The Labute approximate surface area is 149 Å². The van der Waals surface area contributed by atoms with Crippen LogP contribution < -0.4 is 10.6 Å². The Morgan fingerprint density at radius 2 is 1.64 bits per heavy atom. The molecule has 25 heavy (non-hydrogen) atoms. The molecule has 130 valence electrons. The Kier molecular flexibility index (Phi) is 4.79. The maximum absolute atomic E-state index is 12.4. The molecule has 1 aromatic carbocycles. The number of benzene rings is 1. The van der Waals surface area contributed by atoms with Crippen LogP contribution in [0, 0.1) is 5.92 Å². The number of rotatable bonds is 5. The van der Waals surface area contributed by atoms with Crippen LogP contribution in [0.5, 0.6) is 0 Å². The molecule has 2 unspecified atom stereocenters. The van der Waals surface area contributed by atoms with Gasteiger partial charge in [0.2, 0.25) is 5.91 Å². The van der Waals surface area contributed by atoms with Gasteiger partial charge in [-0.25, -0.2) is 0 Å². The third-order valence-corrected chi connectivity index (χ3v) is 5.44. The Bertz CT molecular complexity index is 702. The van der Waals surface area contributed by atoms with Crippen LogP contribution in [0.3, 0.4) is 0 Å². The van der Waals surface area contributed by atoms with Crippen molar-refractivity contribution in [3.8, 4) is 0 Å². The van der Waals surface area contributed by atoms with Crippen LogP contribution in [0.4, 0.5) is 5.69 Å². The van der Waals surface area contributed by atoms with E-state index in [-0.39, 0.29) is 5.91 Å². The molecule has 2 aliphatic heterocycles. The van der Waals surface area contributed by atoms with Gasteiger partial charge in [0.15, 0.2) is 0 Å². The zero-order valence-corrected chi connectivity index (χ0v) is 14.4. The highest BCUT2D eigenvalue weighted by molar-refractivity contribution is 5.90. The van der Waals surface area contributed by atoms with Crippen LogP contribution >= 0.6 is 0 Å². The normalized spacial score (nSPS) is 24.9. The van der Waals surface area contributed by atoms with Gasteiger partial charge in [-0.2, -0.15) is 0 Å². The van der Waals surface area contributed by atoms with E-state index in [4.69, 9.17) is 0 Å². The van der Waals surface area contributed by atoms with Crippen LogP contribution in [-0.2, 0) is 11.2 Å². The molecule has 2 bridgehead atoms. The average molecular weight is 335 g/mol. The summed E-state index contributed by atoms with van der Waals surface area (Å²) in [6, 6.07) is 13.5. The first-order valence-corrected chi connectivity index (χ1v) is 9.28. The first kappa shape index (κ1) is 16.3. The summed E-state index contributed by atoms with van der Waals surface area (Å²) < 4.78 is 0. The Hall–Kier alpha value is -2.20. The van der Waals surface area contributed by atoms with Crippen molar-refractivity contribution >= 4 is 11.6 Å². The van der Waals surface area contributed by atoms with Crippen molar-refractivity contribution < 1.29 is 4.79 Å². The summed E-state index contributed by atoms with van der Waals surface area (Å²) in [6.45, 7) is 0. The van der Waals surface area contributed by atoms with Crippen molar-refractivity contribution in [3.63, 3.8) is 0 Å². The Balaban J connectivity index is 1.29. The molecule has 2 atom stereocenters. The number of aromatic nitrogens is 1. The second-order valence-corrected chi connectivity index (χ2v) is 7.46. The van der Waals surface area contributed by atoms with Crippen molar-refractivity contribution in [2.75, 3.05) is 5.32 Å². The van der Waals surface area contributed by atoms with Gasteiger partial charge < -0.3 is 10.6 Å². The van der Waals surface area contributed by atoms with E-state index in [9.17, 15) is 4.79 Å². The van der Waals surface area contributed by atoms with Gasteiger partial charge in [0.1, 0.15) is 0 Å².